The fourth-order valence-corrected chi connectivity index (χ4v) is 2.48. The second-order valence-corrected chi connectivity index (χ2v) is 5.17. The molecular formula is C15H21FN2O3. The van der Waals surface area contributed by atoms with Crippen LogP contribution in [0.3, 0.4) is 0 Å². The van der Waals surface area contributed by atoms with Gasteiger partial charge in [-0.15, -0.1) is 0 Å². The van der Waals surface area contributed by atoms with Gasteiger partial charge in [-0.25, -0.2) is 9.18 Å². The molecule has 0 bridgehead atoms. The molecule has 0 spiro atoms. The van der Waals surface area contributed by atoms with E-state index in [0.717, 1.165) is 18.4 Å². The van der Waals surface area contributed by atoms with Gasteiger partial charge in [-0.05, 0) is 30.5 Å². The maximum absolute atomic E-state index is 12.9. The molecule has 0 saturated carbocycles. The number of methoxy groups -OCH3 is 1. The van der Waals surface area contributed by atoms with Crippen LogP contribution in [0.5, 0.6) is 0 Å². The lowest BCUT2D eigenvalue weighted by Gasteiger charge is -2.24. The van der Waals surface area contributed by atoms with Crippen LogP contribution in [0.4, 0.5) is 9.18 Å². The third-order valence-electron chi connectivity index (χ3n) is 3.60. The molecule has 2 N–H and O–H groups in total. The number of hydrogen-bond donors (Lipinski definition) is 1. The van der Waals surface area contributed by atoms with Gasteiger partial charge in [-0.3, -0.25) is 0 Å². The van der Waals surface area contributed by atoms with Gasteiger partial charge in [-0.1, -0.05) is 12.1 Å². The third kappa shape index (κ3) is 4.41. The van der Waals surface area contributed by atoms with E-state index < -0.39 is 6.09 Å². The standard InChI is InChI=1S/C15H21FN2O3/c1-20-15(19)18(9-11-2-4-12(16)5-3-11)10-14-7-6-13(8-17)21-14/h2-5,13-14H,6-10,17H2,1H3/t13?,14-/m0/s1. The zero-order chi connectivity index (χ0) is 15.2. The number of nitrogens with zero attached hydrogens (tertiary/aromatic N) is 1. The number of ether oxygens (including phenoxy) is 2. The number of hydrogen-bond acceptors (Lipinski definition) is 4. The van der Waals surface area contributed by atoms with E-state index in [1.807, 2.05) is 0 Å². The lowest BCUT2D eigenvalue weighted by Crippen LogP contribution is -2.37. The number of halogens is 1. The van der Waals surface area contributed by atoms with E-state index in [-0.39, 0.29) is 18.0 Å². The second-order valence-electron chi connectivity index (χ2n) is 5.17. The van der Waals surface area contributed by atoms with Crippen LogP contribution in [0.15, 0.2) is 24.3 Å². The molecule has 5 nitrogen and oxygen atoms in total. The molecule has 1 amide bonds. The number of rotatable bonds is 5. The minimum Gasteiger partial charge on any atom is -0.453 e. The highest BCUT2D eigenvalue weighted by Crippen LogP contribution is 2.21. The first-order valence-electron chi connectivity index (χ1n) is 7.05. The Morgan fingerprint density at radius 1 is 1.38 bits per heavy atom. The molecule has 1 aliphatic heterocycles. The topological polar surface area (TPSA) is 64.8 Å². The largest absolute Gasteiger partial charge is 0.453 e. The van der Waals surface area contributed by atoms with Gasteiger partial charge in [0.2, 0.25) is 0 Å². The molecule has 1 unspecified atom stereocenters. The van der Waals surface area contributed by atoms with Gasteiger partial charge in [0.05, 0.1) is 25.9 Å². The monoisotopic (exact) mass is 296 g/mol. The van der Waals surface area contributed by atoms with Crippen molar-refractivity contribution < 1.29 is 18.7 Å². The predicted molar refractivity (Wildman–Crippen MR) is 76.2 cm³/mol. The van der Waals surface area contributed by atoms with Crippen molar-refractivity contribution in [3.63, 3.8) is 0 Å². The summed E-state index contributed by atoms with van der Waals surface area (Å²) in [7, 11) is 1.35. The molecule has 0 aliphatic carbocycles. The first-order chi connectivity index (χ1) is 10.1. The summed E-state index contributed by atoms with van der Waals surface area (Å²) in [4.78, 5) is 13.4. The minimum atomic E-state index is -0.417. The van der Waals surface area contributed by atoms with Gasteiger partial charge in [0.15, 0.2) is 0 Å². The number of amides is 1. The van der Waals surface area contributed by atoms with Crippen LogP contribution in [0.1, 0.15) is 18.4 Å². The summed E-state index contributed by atoms with van der Waals surface area (Å²) in [6.45, 7) is 1.30. The van der Waals surface area contributed by atoms with Crippen molar-refractivity contribution in [3.05, 3.63) is 35.6 Å². The molecule has 1 heterocycles. The summed E-state index contributed by atoms with van der Waals surface area (Å²) in [5.41, 5.74) is 6.43. The van der Waals surface area contributed by atoms with E-state index in [2.05, 4.69) is 0 Å². The molecule has 116 valence electrons. The molecule has 1 aliphatic rings. The van der Waals surface area contributed by atoms with Crippen molar-refractivity contribution in [3.8, 4) is 0 Å². The van der Waals surface area contributed by atoms with Crippen molar-refractivity contribution in [1.82, 2.24) is 4.90 Å². The summed E-state index contributed by atoms with van der Waals surface area (Å²) >= 11 is 0. The van der Waals surface area contributed by atoms with Crippen molar-refractivity contribution in [2.75, 3.05) is 20.2 Å². The Kier molecular flexibility index (Phi) is 5.52. The average molecular weight is 296 g/mol. The van der Waals surface area contributed by atoms with E-state index in [1.165, 1.54) is 19.2 Å². The third-order valence-corrected chi connectivity index (χ3v) is 3.60. The molecule has 0 radical (unpaired) electrons. The minimum absolute atomic E-state index is 0.0295. The Balaban J connectivity index is 1.98. The molecule has 1 aromatic rings. The lowest BCUT2D eigenvalue weighted by molar-refractivity contribution is 0.0241. The van der Waals surface area contributed by atoms with E-state index in [1.54, 1.807) is 17.0 Å². The fraction of sp³-hybridized carbons (Fsp3) is 0.533. The molecule has 0 aromatic heterocycles. The molecular weight excluding hydrogens is 275 g/mol. The molecule has 21 heavy (non-hydrogen) atoms. The summed E-state index contributed by atoms with van der Waals surface area (Å²) in [5.74, 6) is -0.298. The van der Waals surface area contributed by atoms with Gasteiger partial charge in [0.1, 0.15) is 5.82 Å². The highest BCUT2D eigenvalue weighted by Gasteiger charge is 2.28. The zero-order valence-electron chi connectivity index (χ0n) is 12.1. The lowest BCUT2D eigenvalue weighted by atomic mass is 10.1. The molecule has 2 rings (SSSR count). The Morgan fingerprint density at radius 3 is 2.62 bits per heavy atom. The molecule has 1 aromatic carbocycles. The Labute approximate surface area is 123 Å². The summed E-state index contributed by atoms with van der Waals surface area (Å²) in [6.07, 6.45) is 1.41. The van der Waals surface area contributed by atoms with Gasteiger partial charge in [-0.2, -0.15) is 0 Å². The Bertz CT molecular complexity index is 466. The first kappa shape index (κ1) is 15.7. The maximum atomic E-state index is 12.9. The smallest absolute Gasteiger partial charge is 0.409 e. The Hall–Kier alpha value is -1.66. The number of benzene rings is 1. The van der Waals surface area contributed by atoms with Crippen LogP contribution >= 0.6 is 0 Å². The molecule has 2 atom stereocenters. The predicted octanol–water partition coefficient (Wildman–Crippen LogP) is 1.90. The van der Waals surface area contributed by atoms with E-state index in [0.29, 0.717) is 19.6 Å². The van der Waals surface area contributed by atoms with Crippen LogP contribution in [0, 0.1) is 5.82 Å². The van der Waals surface area contributed by atoms with E-state index in [9.17, 15) is 9.18 Å². The van der Waals surface area contributed by atoms with Gasteiger partial charge >= 0.3 is 6.09 Å². The molecule has 1 fully saturated rings. The van der Waals surface area contributed by atoms with Crippen molar-refractivity contribution in [2.45, 2.75) is 31.6 Å². The highest BCUT2D eigenvalue weighted by atomic mass is 19.1. The second kappa shape index (κ2) is 7.38. The number of carbonyl (C=O) groups is 1. The number of carbonyl (C=O) groups excluding carboxylic acids is 1. The van der Waals surface area contributed by atoms with Gasteiger partial charge < -0.3 is 20.1 Å². The fourth-order valence-electron chi connectivity index (χ4n) is 2.48. The Morgan fingerprint density at radius 2 is 2.05 bits per heavy atom. The number of nitrogens with two attached hydrogens (primary N) is 1. The normalized spacial score (nSPS) is 21.3. The maximum Gasteiger partial charge on any atom is 0.409 e. The van der Waals surface area contributed by atoms with Crippen LogP contribution in [-0.4, -0.2) is 43.4 Å². The van der Waals surface area contributed by atoms with E-state index >= 15 is 0 Å². The molecule has 1 saturated heterocycles. The van der Waals surface area contributed by atoms with Crippen LogP contribution in [-0.2, 0) is 16.0 Å². The van der Waals surface area contributed by atoms with Crippen LogP contribution in [0.2, 0.25) is 0 Å². The van der Waals surface area contributed by atoms with E-state index in [4.69, 9.17) is 15.2 Å². The van der Waals surface area contributed by atoms with Crippen molar-refractivity contribution >= 4 is 6.09 Å². The molecule has 6 heteroatoms. The quantitative estimate of drug-likeness (QED) is 0.901. The van der Waals surface area contributed by atoms with Gasteiger partial charge in [0.25, 0.3) is 0 Å². The SMILES string of the molecule is COC(=O)N(Cc1ccc(F)cc1)C[C@@H]1CCC(CN)O1. The highest BCUT2D eigenvalue weighted by molar-refractivity contribution is 5.67. The zero-order valence-corrected chi connectivity index (χ0v) is 12.1. The summed E-state index contributed by atoms with van der Waals surface area (Å²) < 4.78 is 23.5. The van der Waals surface area contributed by atoms with Crippen LogP contribution < -0.4 is 5.73 Å². The summed E-state index contributed by atoms with van der Waals surface area (Å²) in [6, 6.07) is 6.07. The van der Waals surface area contributed by atoms with Crippen LogP contribution in [0.25, 0.3) is 0 Å². The summed E-state index contributed by atoms with van der Waals surface area (Å²) in [5, 5.41) is 0. The first-order valence-corrected chi connectivity index (χ1v) is 7.05. The van der Waals surface area contributed by atoms with Crippen molar-refractivity contribution in [2.24, 2.45) is 5.73 Å². The average Bonchev–Trinajstić information content (AvgIpc) is 2.95. The van der Waals surface area contributed by atoms with Crippen molar-refractivity contribution in [1.29, 1.82) is 0 Å². The van der Waals surface area contributed by atoms with Gasteiger partial charge in [0, 0.05) is 13.1 Å².